The number of ether oxygens (including phenoxy) is 2. The lowest BCUT2D eigenvalue weighted by Gasteiger charge is -2.16. The number of anilines is 1. The molecule has 0 unspecified atom stereocenters. The molecule has 0 bridgehead atoms. The molecule has 0 fully saturated rings. The summed E-state index contributed by atoms with van der Waals surface area (Å²) in [6.07, 6.45) is 0. The molecule has 2 aromatic carbocycles. The third-order valence-corrected chi connectivity index (χ3v) is 3.37. The van der Waals surface area contributed by atoms with Crippen molar-refractivity contribution in [3.8, 4) is 22.6 Å². The van der Waals surface area contributed by atoms with E-state index >= 15 is 0 Å². The summed E-state index contributed by atoms with van der Waals surface area (Å²) in [5.74, 6) is 1.25. The Morgan fingerprint density at radius 3 is 2.35 bits per heavy atom. The van der Waals surface area contributed by atoms with Crippen LogP contribution in [0, 0.1) is 0 Å². The second-order valence-electron chi connectivity index (χ2n) is 4.32. The van der Waals surface area contributed by atoms with Gasteiger partial charge in [0.25, 0.3) is 0 Å². The lowest BCUT2D eigenvalue weighted by atomic mass is 10.0. The fourth-order valence-corrected chi connectivity index (χ4v) is 2.38. The molecular formula is C15H17ClN2O2. The quantitative estimate of drug-likeness (QED) is 0.850. The van der Waals surface area contributed by atoms with Crippen molar-refractivity contribution in [2.75, 3.05) is 20.0 Å². The van der Waals surface area contributed by atoms with Crippen LogP contribution in [0.5, 0.6) is 11.5 Å². The van der Waals surface area contributed by atoms with Crippen molar-refractivity contribution < 1.29 is 9.47 Å². The van der Waals surface area contributed by atoms with E-state index in [4.69, 9.17) is 32.5 Å². The van der Waals surface area contributed by atoms with Crippen molar-refractivity contribution >= 4 is 17.3 Å². The van der Waals surface area contributed by atoms with Gasteiger partial charge in [-0.25, -0.2) is 0 Å². The minimum atomic E-state index is 0.403. The zero-order chi connectivity index (χ0) is 14.7. The standard InChI is InChI=1S/C15H17ClN2O2/c1-19-14-6-9(8-17)5-12(15(14)20-2)11-4-3-10(18)7-13(11)16/h3-7H,8,17-18H2,1-2H3. The summed E-state index contributed by atoms with van der Waals surface area (Å²) in [5.41, 5.74) is 14.7. The molecule has 0 aliphatic carbocycles. The molecule has 0 saturated heterocycles. The first-order valence-corrected chi connectivity index (χ1v) is 6.48. The van der Waals surface area contributed by atoms with Crippen LogP contribution in [0.15, 0.2) is 30.3 Å². The first kappa shape index (κ1) is 14.5. The predicted molar refractivity (Wildman–Crippen MR) is 82.3 cm³/mol. The van der Waals surface area contributed by atoms with E-state index in [0.717, 1.165) is 16.7 Å². The van der Waals surface area contributed by atoms with E-state index in [-0.39, 0.29) is 0 Å². The largest absolute Gasteiger partial charge is 0.493 e. The zero-order valence-corrected chi connectivity index (χ0v) is 12.2. The van der Waals surface area contributed by atoms with Gasteiger partial charge in [-0.15, -0.1) is 0 Å². The summed E-state index contributed by atoms with van der Waals surface area (Å²) >= 11 is 6.28. The molecule has 0 heterocycles. The highest BCUT2D eigenvalue weighted by atomic mass is 35.5. The summed E-state index contributed by atoms with van der Waals surface area (Å²) in [4.78, 5) is 0. The summed E-state index contributed by atoms with van der Waals surface area (Å²) in [6.45, 7) is 0.403. The van der Waals surface area contributed by atoms with Gasteiger partial charge < -0.3 is 20.9 Å². The molecule has 20 heavy (non-hydrogen) atoms. The van der Waals surface area contributed by atoms with Crippen LogP contribution in [-0.2, 0) is 6.54 Å². The van der Waals surface area contributed by atoms with Crippen molar-refractivity contribution in [2.24, 2.45) is 5.73 Å². The highest BCUT2D eigenvalue weighted by Gasteiger charge is 2.16. The van der Waals surface area contributed by atoms with Gasteiger partial charge in [0.1, 0.15) is 0 Å². The van der Waals surface area contributed by atoms with Gasteiger partial charge in [-0.05, 0) is 29.8 Å². The molecule has 5 heteroatoms. The van der Waals surface area contributed by atoms with E-state index in [1.807, 2.05) is 18.2 Å². The monoisotopic (exact) mass is 292 g/mol. The number of benzene rings is 2. The van der Waals surface area contributed by atoms with Gasteiger partial charge in [0.15, 0.2) is 11.5 Å². The molecule has 0 aliphatic rings. The van der Waals surface area contributed by atoms with Gasteiger partial charge in [-0.3, -0.25) is 0 Å². The Balaban J connectivity index is 2.70. The molecule has 2 aromatic rings. The minimum Gasteiger partial charge on any atom is -0.493 e. The summed E-state index contributed by atoms with van der Waals surface area (Å²) < 4.78 is 10.8. The number of nitrogens with two attached hydrogens (primary N) is 2. The number of rotatable bonds is 4. The highest BCUT2D eigenvalue weighted by molar-refractivity contribution is 6.33. The average molecular weight is 293 g/mol. The maximum Gasteiger partial charge on any atom is 0.168 e. The van der Waals surface area contributed by atoms with Crippen molar-refractivity contribution in [3.63, 3.8) is 0 Å². The summed E-state index contributed by atoms with van der Waals surface area (Å²) in [6, 6.07) is 9.15. The molecule has 106 valence electrons. The van der Waals surface area contributed by atoms with Crippen LogP contribution in [0.25, 0.3) is 11.1 Å². The molecule has 0 aromatic heterocycles. The van der Waals surface area contributed by atoms with E-state index in [2.05, 4.69) is 0 Å². The molecule has 0 atom stereocenters. The Morgan fingerprint density at radius 1 is 1.05 bits per heavy atom. The Hall–Kier alpha value is -1.91. The molecular weight excluding hydrogens is 276 g/mol. The Bertz CT molecular complexity index is 630. The number of halogens is 1. The molecule has 4 nitrogen and oxygen atoms in total. The van der Waals surface area contributed by atoms with Gasteiger partial charge in [-0.1, -0.05) is 17.7 Å². The molecule has 0 saturated carbocycles. The fourth-order valence-electron chi connectivity index (χ4n) is 2.09. The van der Waals surface area contributed by atoms with Crippen LogP contribution in [0.4, 0.5) is 5.69 Å². The lowest BCUT2D eigenvalue weighted by Crippen LogP contribution is -2.00. The third-order valence-electron chi connectivity index (χ3n) is 3.06. The zero-order valence-electron chi connectivity index (χ0n) is 11.4. The van der Waals surface area contributed by atoms with Gasteiger partial charge in [0, 0.05) is 23.4 Å². The van der Waals surface area contributed by atoms with Crippen LogP contribution in [0.3, 0.4) is 0 Å². The van der Waals surface area contributed by atoms with E-state index in [1.165, 1.54) is 0 Å². The Labute approximate surface area is 123 Å². The number of hydrogen-bond acceptors (Lipinski definition) is 4. The normalized spacial score (nSPS) is 10.4. The number of nitrogen functional groups attached to an aromatic ring is 1. The number of hydrogen-bond donors (Lipinski definition) is 2. The van der Waals surface area contributed by atoms with E-state index in [0.29, 0.717) is 28.8 Å². The van der Waals surface area contributed by atoms with Crippen LogP contribution < -0.4 is 20.9 Å². The van der Waals surface area contributed by atoms with Crippen LogP contribution in [0.1, 0.15) is 5.56 Å². The lowest BCUT2D eigenvalue weighted by molar-refractivity contribution is 0.355. The molecule has 4 N–H and O–H groups in total. The van der Waals surface area contributed by atoms with Crippen molar-refractivity contribution in [1.29, 1.82) is 0 Å². The smallest absolute Gasteiger partial charge is 0.168 e. The Kier molecular flexibility index (Phi) is 4.37. The van der Waals surface area contributed by atoms with Gasteiger partial charge in [0.05, 0.1) is 19.2 Å². The maximum atomic E-state index is 6.28. The van der Waals surface area contributed by atoms with E-state index in [9.17, 15) is 0 Å². The fraction of sp³-hybridized carbons (Fsp3) is 0.200. The van der Waals surface area contributed by atoms with Crippen LogP contribution >= 0.6 is 11.6 Å². The molecule has 0 radical (unpaired) electrons. The Morgan fingerprint density at radius 2 is 1.80 bits per heavy atom. The average Bonchev–Trinajstić information content (AvgIpc) is 2.45. The topological polar surface area (TPSA) is 70.5 Å². The summed E-state index contributed by atoms with van der Waals surface area (Å²) in [5, 5.41) is 0.555. The molecule has 0 spiro atoms. The minimum absolute atomic E-state index is 0.403. The van der Waals surface area contributed by atoms with E-state index < -0.39 is 0 Å². The number of methoxy groups -OCH3 is 2. The first-order chi connectivity index (χ1) is 9.60. The molecule has 0 amide bonds. The molecule has 0 aliphatic heterocycles. The third kappa shape index (κ3) is 2.66. The van der Waals surface area contributed by atoms with Gasteiger partial charge in [-0.2, -0.15) is 0 Å². The van der Waals surface area contributed by atoms with E-state index in [1.54, 1.807) is 26.4 Å². The first-order valence-electron chi connectivity index (χ1n) is 6.11. The van der Waals surface area contributed by atoms with Crippen molar-refractivity contribution in [3.05, 3.63) is 40.9 Å². The van der Waals surface area contributed by atoms with Crippen molar-refractivity contribution in [1.82, 2.24) is 0 Å². The maximum absolute atomic E-state index is 6.28. The summed E-state index contributed by atoms with van der Waals surface area (Å²) in [7, 11) is 3.18. The van der Waals surface area contributed by atoms with Crippen LogP contribution in [-0.4, -0.2) is 14.2 Å². The predicted octanol–water partition coefficient (Wildman–Crippen LogP) is 3.07. The molecule has 2 rings (SSSR count). The second-order valence-corrected chi connectivity index (χ2v) is 4.73. The van der Waals surface area contributed by atoms with Gasteiger partial charge in [0.2, 0.25) is 0 Å². The van der Waals surface area contributed by atoms with Crippen LogP contribution in [0.2, 0.25) is 5.02 Å². The van der Waals surface area contributed by atoms with Gasteiger partial charge >= 0.3 is 0 Å². The second kappa shape index (κ2) is 6.03. The highest BCUT2D eigenvalue weighted by Crippen LogP contribution is 2.42. The SMILES string of the molecule is COc1cc(CN)cc(-c2ccc(N)cc2Cl)c1OC. The van der Waals surface area contributed by atoms with Crippen molar-refractivity contribution in [2.45, 2.75) is 6.54 Å².